The molecule has 1 aliphatic carbocycles. The van der Waals surface area contributed by atoms with E-state index >= 15 is 0 Å². The molecular weight excluding hydrogens is 256 g/mol. The normalized spacial score (nSPS) is 14.8. The van der Waals surface area contributed by atoms with Crippen LogP contribution in [-0.4, -0.2) is 19.9 Å². The molecule has 1 aliphatic rings. The number of aromatic nitrogens is 4. The SMILES string of the molecule is O=c1cnn(Cc2nc(C3CC3)no2)c2ccccc12. The Morgan fingerprint density at radius 2 is 2.15 bits per heavy atom. The zero-order valence-corrected chi connectivity index (χ0v) is 10.7. The average Bonchev–Trinajstić information content (AvgIpc) is 3.23. The molecule has 1 saturated carbocycles. The van der Waals surface area contributed by atoms with Gasteiger partial charge in [0.15, 0.2) is 5.82 Å². The second-order valence-electron chi connectivity index (χ2n) is 5.00. The van der Waals surface area contributed by atoms with Crippen LogP contribution in [0, 0.1) is 0 Å². The van der Waals surface area contributed by atoms with Crippen LogP contribution in [0.25, 0.3) is 10.9 Å². The Hall–Kier alpha value is -2.50. The van der Waals surface area contributed by atoms with Crippen LogP contribution in [0.5, 0.6) is 0 Å². The van der Waals surface area contributed by atoms with Crippen molar-refractivity contribution in [3.63, 3.8) is 0 Å². The van der Waals surface area contributed by atoms with E-state index in [1.807, 2.05) is 18.2 Å². The van der Waals surface area contributed by atoms with E-state index in [0.717, 1.165) is 24.2 Å². The zero-order chi connectivity index (χ0) is 13.5. The summed E-state index contributed by atoms with van der Waals surface area (Å²) in [4.78, 5) is 16.1. The minimum Gasteiger partial charge on any atom is -0.337 e. The predicted molar refractivity (Wildman–Crippen MR) is 71.4 cm³/mol. The lowest BCUT2D eigenvalue weighted by Gasteiger charge is -2.05. The number of hydrogen-bond acceptors (Lipinski definition) is 5. The van der Waals surface area contributed by atoms with E-state index in [1.54, 1.807) is 10.7 Å². The van der Waals surface area contributed by atoms with Crippen molar-refractivity contribution in [3.05, 3.63) is 52.4 Å². The van der Waals surface area contributed by atoms with Gasteiger partial charge in [0.05, 0.1) is 11.7 Å². The van der Waals surface area contributed by atoms with Gasteiger partial charge in [-0.05, 0) is 25.0 Å². The molecule has 0 bridgehead atoms. The van der Waals surface area contributed by atoms with Crippen LogP contribution in [-0.2, 0) is 6.54 Å². The average molecular weight is 268 g/mol. The van der Waals surface area contributed by atoms with Gasteiger partial charge in [-0.15, -0.1) is 0 Å². The molecule has 0 saturated heterocycles. The summed E-state index contributed by atoms with van der Waals surface area (Å²) in [6.07, 6.45) is 3.59. The van der Waals surface area contributed by atoms with E-state index in [4.69, 9.17) is 4.52 Å². The molecule has 2 heterocycles. The number of nitrogens with zero attached hydrogens (tertiary/aromatic N) is 4. The summed E-state index contributed by atoms with van der Waals surface area (Å²) in [6.45, 7) is 0.376. The Bertz CT molecular complexity index is 832. The van der Waals surface area contributed by atoms with Crippen molar-refractivity contribution in [2.75, 3.05) is 0 Å². The Labute approximate surface area is 114 Å². The first kappa shape index (κ1) is 11.3. The number of benzene rings is 1. The van der Waals surface area contributed by atoms with Crippen molar-refractivity contribution in [1.82, 2.24) is 19.9 Å². The Morgan fingerprint density at radius 3 is 3.00 bits per heavy atom. The molecule has 0 N–H and O–H groups in total. The lowest BCUT2D eigenvalue weighted by Crippen LogP contribution is -2.13. The van der Waals surface area contributed by atoms with E-state index in [1.165, 1.54) is 6.20 Å². The van der Waals surface area contributed by atoms with Gasteiger partial charge >= 0.3 is 0 Å². The molecule has 1 fully saturated rings. The van der Waals surface area contributed by atoms with Gasteiger partial charge in [0.2, 0.25) is 11.3 Å². The van der Waals surface area contributed by atoms with E-state index in [-0.39, 0.29) is 5.43 Å². The van der Waals surface area contributed by atoms with Crippen molar-refractivity contribution >= 4 is 10.9 Å². The molecule has 2 aromatic heterocycles. The van der Waals surface area contributed by atoms with Crippen molar-refractivity contribution in [1.29, 1.82) is 0 Å². The highest BCUT2D eigenvalue weighted by atomic mass is 16.5. The van der Waals surface area contributed by atoms with Crippen LogP contribution in [0.4, 0.5) is 0 Å². The highest BCUT2D eigenvalue weighted by Gasteiger charge is 2.28. The maximum Gasteiger partial charge on any atom is 0.248 e. The van der Waals surface area contributed by atoms with Gasteiger partial charge in [-0.2, -0.15) is 10.1 Å². The molecule has 0 amide bonds. The molecule has 4 rings (SSSR count). The number of rotatable bonds is 3. The van der Waals surface area contributed by atoms with E-state index in [2.05, 4.69) is 15.2 Å². The van der Waals surface area contributed by atoms with Crippen molar-refractivity contribution in [3.8, 4) is 0 Å². The fourth-order valence-electron chi connectivity index (χ4n) is 2.25. The summed E-state index contributed by atoms with van der Waals surface area (Å²) in [5.74, 6) is 1.77. The topological polar surface area (TPSA) is 73.8 Å². The minimum atomic E-state index is -0.0824. The van der Waals surface area contributed by atoms with Crippen molar-refractivity contribution in [2.24, 2.45) is 0 Å². The molecule has 0 radical (unpaired) electrons. The molecule has 0 spiro atoms. The van der Waals surface area contributed by atoms with Gasteiger partial charge in [-0.1, -0.05) is 17.3 Å². The van der Waals surface area contributed by atoms with Crippen LogP contribution in [0.2, 0.25) is 0 Å². The monoisotopic (exact) mass is 268 g/mol. The van der Waals surface area contributed by atoms with Crippen molar-refractivity contribution in [2.45, 2.75) is 25.3 Å². The summed E-state index contributed by atoms with van der Waals surface area (Å²) in [7, 11) is 0. The van der Waals surface area contributed by atoms with Gasteiger partial charge < -0.3 is 4.52 Å². The molecule has 100 valence electrons. The summed E-state index contributed by atoms with van der Waals surface area (Å²) in [5.41, 5.74) is 0.687. The van der Waals surface area contributed by atoms with Crippen LogP contribution >= 0.6 is 0 Å². The number of fused-ring (bicyclic) bond motifs is 1. The van der Waals surface area contributed by atoms with Crippen LogP contribution in [0.15, 0.2) is 39.8 Å². The molecule has 0 aliphatic heterocycles. The van der Waals surface area contributed by atoms with Crippen LogP contribution in [0.1, 0.15) is 30.5 Å². The highest BCUT2D eigenvalue weighted by molar-refractivity contribution is 5.77. The van der Waals surface area contributed by atoms with Crippen molar-refractivity contribution < 1.29 is 4.52 Å². The Kier molecular flexibility index (Phi) is 2.42. The first-order chi connectivity index (χ1) is 9.81. The van der Waals surface area contributed by atoms with E-state index < -0.39 is 0 Å². The third-order valence-corrected chi connectivity index (χ3v) is 3.47. The summed E-state index contributed by atoms with van der Waals surface area (Å²) in [6, 6.07) is 7.37. The largest absolute Gasteiger partial charge is 0.337 e. The summed E-state index contributed by atoms with van der Waals surface area (Å²) in [5, 5.41) is 8.77. The highest BCUT2D eigenvalue weighted by Crippen LogP contribution is 2.38. The maximum absolute atomic E-state index is 11.8. The third kappa shape index (κ3) is 1.89. The molecule has 0 atom stereocenters. The van der Waals surface area contributed by atoms with Crippen LogP contribution < -0.4 is 5.43 Å². The molecule has 20 heavy (non-hydrogen) atoms. The van der Waals surface area contributed by atoms with Gasteiger partial charge in [-0.25, -0.2) is 0 Å². The molecule has 0 unspecified atom stereocenters. The van der Waals surface area contributed by atoms with Gasteiger partial charge in [0.1, 0.15) is 6.54 Å². The second-order valence-corrected chi connectivity index (χ2v) is 5.00. The smallest absolute Gasteiger partial charge is 0.248 e. The quantitative estimate of drug-likeness (QED) is 0.723. The second kappa shape index (κ2) is 4.26. The van der Waals surface area contributed by atoms with Gasteiger partial charge in [-0.3, -0.25) is 9.48 Å². The first-order valence-corrected chi connectivity index (χ1v) is 6.58. The summed E-state index contributed by atoms with van der Waals surface area (Å²) < 4.78 is 6.96. The lowest BCUT2D eigenvalue weighted by molar-refractivity contribution is 0.362. The number of hydrogen-bond donors (Lipinski definition) is 0. The maximum atomic E-state index is 11.8. The van der Waals surface area contributed by atoms with Gasteiger partial charge in [0, 0.05) is 11.3 Å². The lowest BCUT2D eigenvalue weighted by atomic mass is 10.2. The zero-order valence-electron chi connectivity index (χ0n) is 10.7. The molecule has 3 aromatic rings. The fourth-order valence-corrected chi connectivity index (χ4v) is 2.25. The fraction of sp³-hybridized carbons (Fsp3) is 0.286. The molecule has 1 aromatic carbocycles. The predicted octanol–water partition coefficient (Wildman–Crippen LogP) is 1.71. The molecular formula is C14H12N4O2. The van der Waals surface area contributed by atoms with Crippen LogP contribution in [0.3, 0.4) is 0 Å². The molecule has 6 heteroatoms. The number of para-hydroxylation sites is 1. The Morgan fingerprint density at radius 1 is 1.30 bits per heavy atom. The standard InChI is InChI=1S/C14H12N4O2/c19-12-7-15-18(11-4-2-1-3-10(11)12)8-13-16-14(17-20-13)9-5-6-9/h1-4,7,9H,5-6,8H2. The third-order valence-electron chi connectivity index (χ3n) is 3.47. The van der Waals surface area contributed by atoms with E-state index in [9.17, 15) is 4.79 Å². The molecule has 6 nitrogen and oxygen atoms in total. The Balaban J connectivity index is 1.74. The van der Waals surface area contributed by atoms with E-state index in [0.29, 0.717) is 23.7 Å². The van der Waals surface area contributed by atoms with Gasteiger partial charge in [0.25, 0.3) is 0 Å². The first-order valence-electron chi connectivity index (χ1n) is 6.58. The summed E-state index contributed by atoms with van der Waals surface area (Å²) >= 11 is 0. The minimum absolute atomic E-state index is 0.0824.